The van der Waals surface area contributed by atoms with E-state index in [1.807, 2.05) is 35.7 Å². The summed E-state index contributed by atoms with van der Waals surface area (Å²) < 4.78 is 0. The molecule has 3 rings (SSSR count). The molecule has 3 aromatic rings. The summed E-state index contributed by atoms with van der Waals surface area (Å²) in [5, 5.41) is 6.51. The van der Waals surface area contributed by atoms with Crippen LogP contribution in [0.25, 0.3) is 21.6 Å². The van der Waals surface area contributed by atoms with Crippen LogP contribution in [0.15, 0.2) is 41.8 Å². The van der Waals surface area contributed by atoms with Crippen molar-refractivity contribution >= 4 is 28.1 Å². The van der Waals surface area contributed by atoms with E-state index in [9.17, 15) is 0 Å². The summed E-state index contributed by atoms with van der Waals surface area (Å²) >= 11 is 1.66. The van der Waals surface area contributed by atoms with Crippen LogP contribution in [0.5, 0.6) is 0 Å². The Kier molecular flexibility index (Phi) is 3.17. The Morgan fingerprint density at radius 2 is 1.89 bits per heavy atom. The van der Waals surface area contributed by atoms with E-state index >= 15 is 0 Å². The van der Waals surface area contributed by atoms with Gasteiger partial charge in [0.2, 0.25) is 0 Å². The summed E-state index contributed by atoms with van der Waals surface area (Å²) in [6, 6.07) is 12.5. The molecule has 0 spiro atoms. The fraction of sp³-hybridized carbons (Fsp3) is 0.200. The molecular weight excluding hydrogens is 254 g/mol. The van der Waals surface area contributed by atoms with E-state index in [4.69, 9.17) is 0 Å². The molecule has 1 aromatic carbocycles. The number of rotatable bonds is 3. The SMILES string of the molecule is CC(C)Nc1nc(-c2cccs2)nc2ccccc12. The van der Waals surface area contributed by atoms with E-state index in [0.29, 0.717) is 6.04 Å². The highest BCUT2D eigenvalue weighted by Gasteiger charge is 2.10. The van der Waals surface area contributed by atoms with Crippen LogP contribution >= 0.6 is 11.3 Å². The minimum Gasteiger partial charge on any atom is -0.367 e. The topological polar surface area (TPSA) is 37.8 Å². The number of hydrogen-bond acceptors (Lipinski definition) is 4. The minimum absolute atomic E-state index is 0.342. The van der Waals surface area contributed by atoms with Crippen molar-refractivity contribution < 1.29 is 0 Å². The maximum atomic E-state index is 4.67. The highest BCUT2D eigenvalue weighted by Crippen LogP contribution is 2.27. The molecule has 0 saturated heterocycles. The molecule has 0 saturated carbocycles. The lowest BCUT2D eigenvalue weighted by Gasteiger charge is -2.12. The number of hydrogen-bond donors (Lipinski definition) is 1. The third-order valence-electron chi connectivity index (χ3n) is 2.77. The van der Waals surface area contributed by atoms with Crippen LogP contribution in [0, 0.1) is 0 Å². The van der Waals surface area contributed by atoms with Gasteiger partial charge in [-0.15, -0.1) is 11.3 Å². The number of fused-ring (bicyclic) bond motifs is 1. The summed E-state index contributed by atoms with van der Waals surface area (Å²) in [7, 11) is 0. The molecule has 1 N–H and O–H groups in total. The molecular formula is C15H15N3S. The van der Waals surface area contributed by atoms with Crippen LogP contribution in [-0.2, 0) is 0 Å². The molecule has 4 heteroatoms. The van der Waals surface area contributed by atoms with Crippen LogP contribution < -0.4 is 5.32 Å². The normalized spacial score (nSPS) is 11.1. The highest BCUT2D eigenvalue weighted by molar-refractivity contribution is 7.13. The van der Waals surface area contributed by atoms with Crippen molar-refractivity contribution in [1.82, 2.24) is 9.97 Å². The summed E-state index contributed by atoms with van der Waals surface area (Å²) in [5.41, 5.74) is 0.976. The van der Waals surface area contributed by atoms with E-state index in [1.165, 1.54) is 0 Å². The largest absolute Gasteiger partial charge is 0.367 e. The van der Waals surface area contributed by atoms with Crippen molar-refractivity contribution in [2.24, 2.45) is 0 Å². The van der Waals surface area contributed by atoms with Crippen LogP contribution in [0.2, 0.25) is 0 Å². The second kappa shape index (κ2) is 4.97. The van der Waals surface area contributed by atoms with E-state index in [-0.39, 0.29) is 0 Å². The first-order valence-electron chi connectivity index (χ1n) is 6.31. The van der Waals surface area contributed by atoms with Crippen LogP contribution in [0.3, 0.4) is 0 Å². The highest BCUT2D eigenvalue weighted by atomic mass is 32.1. The smallest absolute Gasteiger partial charge is 0.172 e. The van der Waals surface area contributed by atoms with Crippen LogP contribution in [0.4, 0.5) is 5.82 Å². The first-order valence-corrected chi connectivity index (χ1v) is 7.19. The van der Waals surface area contributed by atoms with Crippen LogP contribution in [0.1, 0.15) is 13.8 Å². The van der Waals surface area contributed by atoms with Crippen molar-refractivity contribution in [3.8, 4) is 10.7 Å². The first-order chi connectivity index (χ1) is 9.24. The van der Waals surface area contributed by atoms with Crippen molar-refractivity contribution in [3.05, 3.63) is 41.8 Å². The lowest BCUT2D eigenvalue weighted by molar-refractivity contribution is 0.891. The van der Waals surface area contributed by atoms with Gasteiger partial charge in [-0.3, -0.25) is 0 Å². The minimum atomic E-state index is 0.342. The predicted octanol–water partition coefficient (Wildman–Crippen LogP) is 4.18. The van der Waals surface area contributed by atoms with Gasteiger partial charge >= 0.3 is 0 Å². The van der Waals surface area contributed by atoms with Gasteiger partial charge in [-0.1, -0.05) is 18.2 Å². The lowest BCUT2D eigenvalue weighted by Crippen LogP contribution is -2.12. The van der Waals surface area contributed by atoms with Crippen molar-refractivity contribution in [3.63, 3.8) is 0 Å². The molecule has 0 aliphatic rings. The van der Waals surface area contributed by atoms with Gasteiger partial charge in [0.15, 0.2) is 5.82 Å². The van der Waals surface area contributed by atoms with E-state index in [1.54, 1.807) is 11.3 Å². The number of benzene rings is 1. The molecule has 19 heavy (non-hydrogen) atoms. The van der Waals surface area contributed by atoms with Crippen molar-refractivity contribution in [1.29, 1.82) is 0 Å². The number of thiophene rings is 1. The molecule has 0 atom stereocenters. The third-order valence-corrected chi connectivity index (χ3v) is 3.64. The fourth-order valence-corrected chi connectivity index (χ4v) is 2.63. The number of para-hydroxylation sites is 1. The number of aromatic nitrogens is 2. The van der Waals surface area contributed by atoms with Crippen molar-refractivity contribution in [2.75, 3.05) is 5.32 Å². The summed E-state index contributed by atoms with van der Waals surface area (Å²) in [5.74, 6) is 1.70. The van der Waals surface area contributed by atoms with Gasteiger partial charge in [0, 0.05) is 11.4 Å². The Morgan fingerprint density at radius 1 is 1.05 bits per heavy atom. The average molecular weight is 269 g/mol. The zero-order chi connectivity index (χ0) is 13.2. The molecule has 0 aliphatic carbocycles. The monoisotopic (exact) mass is 269 g/mol. The third kappa shape index (κ3) is 2.44. The zero-order valence-electron chi connectivity index (χ0n) is 10.9. The van der Waals surface area contributed by atoms with Crippen molar-refractivity contribution in [2.45, 2.75) is 19.9 Å². The van der Waals surface area contributed by atoms with E-state index < -0.39 is 0 Å². The molecule has 0 unspecified atom stereocenters. The van der Waals surface area contributed by atoms with Gasteiger partial charge in [-0.2, -0.15) is 0 Å². The molecule has 0 bridgehead atoms. The number of anilines is 1. The predicted molar refractivity (Wildman–Crippen MR) is 81.6 cm³/mol. The van der Waals surface area contributed by atoms with E-state index in [0.717, 1.165) is 27.4 Å². The molecule has 0 radical (unpaired) electrons. The Morgan fingerprint density at radius 3 is 2.63 bits per heavy atom. The Labute approximate surface area is 116 Å². The Bertz CT molecular complexity index is 690. The molecule has 0 fully saturated rings. The Balaban J connectivity index is 2.20. The standard InChI is InChI=1S/C15H15N3S/c1-10(2)16-14-11-6-3-4-7-12(11)17-15(18-14)13-8-5-9-19-13/h3-10H,1-2H3,(H,16,17,18). The van der Waals surface area contributed by atoms with Gasteiger partial charge in [0.1, 0.15) is 5.82 Å². The maximum Gasteiger partial charge on any atom is 0.172 e. The van der Waals surface area contributed by atoms with Gasteiger partial charge in [0.05, 0.1) is 10.4 Å². The molecule has 3 nitrogen and oxygen atoms in total. The van der Waals surface area contributed by atoms with E-state index in [2.05, 4.69) is 35.2 Å². The maximum absolute atomic E-state index is 4.67. The zero-order valence-corrected chi connectivity index (χ0v) is 11.7. The number of nitrogens with zero attached hydrogens (tertiary/aromatic N) is 2. The second-order valence-corrected chi connectivity index (χ2v) is 5.64. The van der Waals surface area contributed by atoms with Gasteiger partial charge < -0.3 is 5.32 Å². The summed E-state index contributed by atoms with van der Waals surface area (Å²) in [6.07, 6.45) is 0. The second-order valence-electron chi connectivity index (χ2n) is 4.69. The van der Waals surface area contributed by atoms with Gasteiger partial charge in [-0.25, -0.2) is 9.97 Å². The lowest BCUT2D eigenvalue weighted by atomic mass is 10.2. The first kappa shape index (κ1) is 12.1. The molecule has 0 amide bonds. The summed E-state index contributed by atoms with van der Waals surface area (Å²) in [4.78, 5) is 10.4. The molecule has 96 valence electrons. The fourth-order valence-electron chi connectivity index (χ4n) is 1.98. The summed E-state index contributed by atoms with van der Waals surface area (Å²) in [6.45, 7) is 4.23. The Hall–Kier alpha value is -1.94. The average Bonchev–Trinajstić information content (AvgIpc) is 2.92. The number of nitrogens with one attached hydrogen (secondary N) is 1. The van der Waals surface area contributed by atoms with Gasteiger partial charge in [0.25, 0.3) is 0 Å². The molecule has 2 heterocycles. The quantitative estimate of drug-likeness (QED) is 0.775. The molecule has 2 aromatic heterocycles. The molecule has 0 aliphatic heterocycles. The van der Waals surface area contributed by atoms with Gasteiger partial charge in [-0.05, 0) is 37.4 Å². The van der Waals surface area contributed by atoms with Crippen LogP contribution in [-0.4, -0.2) is 16.0 Å².